The number of benzene rings is 1. The summed E-state index contributed by atoms with van der Waals surface area (Å²) in [5.41, 5.74) is 4.64. The van der Waals surface area contributed by atoms with Gasteiger partial charge in [0.15, 0.2) is 5.69 Å². The molecule has 1 heterocycles. The highest BCUT2D eigenvalue weighted by atomic mass is 32.2. The summed E-state index contributed by atoms with van der Waals surface area (Å²) in [5, 5.41) is 0. The van der Waals surface area contributed by atoms with Crippen LogP contribution in [0.3, 0.4) is 0 Å². The maximum atomic E-state index is 12.9. The van der Waals surface area contributed by atoms with Crippen molar-refractivity contribution in [3.8, 4) is 0 Å². The first-order valence-corrected chi connectivity index (χ1v) is 9.11. The van der Waals surface area contributed by atoms with Crippen LogP contribution in [-0.4, -0.2) is 28.3 Å². The molecule has 1 amide bonds. The van der Waals surface area contributed by atoms with Crippen LogP contribution < -0.4 is 21.9 Å². The number of nitrogens with zero attached hydrogens (tertiary/aromatic N) is 2. The van der Waals surface area contributed by atoms with Crippen LogP contribution in [0.2, 0.25) is 0 Å². The molecule has 0 spiro atoms. The van der Waals surface area contributed by atoms with Gasteiger partial charge in [0.2, 0.25) is 5.91 Å². The fourth-order valence-corrected chi connectivity index (χ4v) is 3.15. The van der Waals surface area contributed by atoms with Gasteiger partial charge in [0, 0.05) is 18.5 Å². The molecule has 1 aromatic heterocycles. The smallest absolute Gasteiger partial charge is 0.330 e. The zero-order valence-corrected chi connectivity index (χ0v) is 15.4. The molecule has 1 aromatic carbocycles. The molecule has 9 heteroatoms. The maximum absolute atomic E-state index is 12.9. The number of hydrogen-bond acceptors (Lipinski definition) is 5. The topological polar surface area (TPSA) is 101 Å². The van der Waals surface area contributed by atoms with Crippen LogP contribution >= 0.6 is 11.8 Å². The number of aromatic nitrogens is 2. The van der Waals surface area contributed by atoms with Crippen molar-refractivity contribution in [2.75, 3.05) is 23.4 Å². The third-order valence-corrected chi connectivity index (χ3v) is 4.83. The van der Waals surface area contributed by atoms with Crippen molar-refractivity contribution in [1.82, 2.24) is 9.55 Å². The Hall–Kier alpha value is -2.55. The second-order valence-corrected chi connectivity index (χ2v) is 6.74. The number of halogens is 1. The monoisotopic (exact) mass is 380 g/mol. The molecule has 0 aliphatic rings. The molecule has 0 fully saturated rings. The first-order chi connectivity index (χ1) is 12.3. The van der Waals surface area contributed by atoms with Gasteiger partial charge in [0.25, 0.3) is 5.56 Å². The van der Waals surface area contributed by atoms with E-state index in [0.29, 0.717) is 13.0 Å². The van der Waals surface area contributed by atoms with Crippen LogP contribution in [0.4, 0.5) is 15.9 Å². The van der Waals surface area contributed by atoms with Gasteiger partial charge in [-0.3, -0.25) is 19.1 Å². The number of unbranched alkanes of at least 4 members (excludes halogenated alkanes) is 1. The van der Waals surface area contributed by atoms with Gasteiger partial charge in [-0.25, -0.2) is 9.18 Å². The highest BCUT2D eigenvalue weighted by Crippen LogP contribution is 2.21. The first-order valence-electron chi connectivity index (χ1n) is 8.12. The lowest BCUT2D eigenvalue weighted by Gasteiger charge is -2.20. The summed E-state index contributed by atoms with van der Waals surface area (Å²) in [6.07, 6.45) is 1.57. The van der Waals surface area contributed by atoms with Gasteiger partial charge in [-0.05, 0) is 30.7 Å². The van der Waals surface area contributed by atoms with Gasteiger partial charge >= 0.3 is 5.69 Å². The van der Waals surface area contributed by atoms with Crippen molar-refractivity contribution >= 4 is 29.2 Å². The molecule has 2 aromatic rings. The molecular formula is C17H21FN4O3S. The minimum Gasteiger partial charge on any atom is -0.383 e. The summed E-state index contributed by atoms with van der Waals surface area (Å²) in [7, 11) is 1.43. The molecule has 0 atom stereocenters. The number of H-pyrrole nitrogens is 1. The molecule has 0 bridgehead atoms. The number of hydrogen-bond donors (Lipinski definition) is 2. The predicted octanol–water partition coefficient (Wildman–Crippen LogP) is 1.81. The van der Waals surface area contributed by atoms with E-state index >= 15 is 0 Å². The Balaban J connectivity index is 2.20. The Kier molecular flexibility index (Phi) is 6.62. The standard InChI is InChI=1S/C17H21FN4O3S/c1-3-4-9-22-15(19)14(16(24)20-17(22)25)21(2)13(23)10-26-12-7-5-11(18)6-8-12/h5-8H,3-4,9-10,19H2,1-2H3,(H,20,24,25). The fourth-order valence-electron chi connectivity index (χ4n) is 2.34. The molecule has 140 valence electrons. The third kappa shape index (κ3) is 4.54. The lowest BCUT2D eigenvalue weighted by Crippen LogP contribution is -2.39. The zero-order chi connectivity index (χ0) is 19.3. The fraction of sp³-hybridized carbons (Fsp3) is 0.353. The number of carbonyl (C=O) groups is 1. The van der Waals surface area contributed by atoms with Crippen LogP contribution in [0.15, 0.2) is 38.8 Å². The summed E-state index contributed by atoms with van der Waals surface area (Å²) >= 11 is 1.21. The van der Waals surface area contributed by atoms with E-state index in [2.05, 4.69) is 4.98 Å². The molecule has 0 unspecified atom stereocenters. The highest BCUT2D eigenvalue weighted by Gasteiger charge is 2.20. The number of anilines is 2. The summed E-state index contributed by atoms with van der Waals surface area (Å²) in [4.78, 5) is 40.6. The van der Waals surface area contributed by atoms with Gasteiger partial charge in [0.1, 0.15) is 11.6 Å². The van der Waals surface area contributed by atoms with Gasteiger partial charge < -0.3 is 10.6 Å². The maximum Gasteiger partial charge on any atom is 0.330 e. The van der Waals surface area contributed by atoms with Gasteiger partial charge in [-0.15, -0.1) is 11.8 Å². The number of thioether (sulfide) groups is 1. The van der Waals surface area contributed by atoms with Crippen LogP contribution in [0, 0.1) is 5.82 Å². The van der Waals surface area contributed by atoms with E-state index in [-0.39, 0.29) is 29.0 Å². The summed E-state index contributed by atoms with van der Waals surface area (Å²) in [6.45, 7) is 2.33. The molecule has 0 saturated heterocycles. The average Bonchev–Trinajstić information content (AvgIpc) is 2.60. The normalized spacial score (nSPS) is 10.7. The summed E-state index contributed by atoms with van der Waals surface area (Å²) < 4.78 is 14.2. The summed E-state index contributed by atoms with van der Waals surface area (Å²) in [5.74, 6) is -0.715. The van der Waals surface area contributed by atoms with Crippen molar-refractivity contribution in [2.24, 2.45) is 0 Å². The average molecular weight is 380 g/mol. The van der Waals surface area contributed by atoms with Crippen molar-refractivity contribution in [3.63, 3.8) is 0 Å². The Morgan fingerprint density at radius 1 is 1.31 bits per heavy atom. The molecule has 0 aliphatic carbocycles. The number of nitrogen functional groups attached to an aromatic ring is 1. The molecule has 2 rings (SSSR count). The van der Waals surface area contributed by atoms with Crippen molar-refractivity contribution in [1.29, 1.82) is 0 Å². The number of nitrogens with one attached hydrogen (secondary N) is 1. The van der Waals surface area contributed by atoms with Crippen LogP contribution in [0.5, 0.6) is 0 Å². The van der Waals surface area contributed by atoms with Crippen molar-refractivity contribution < 1.29 is 9.18 Å². The van der Waals surface area contributed by atoms with Gasteiger partial charge in [0.05, 0.1) is 5.75 Å². The van der Waals surface area contributed by atoms with E-state index in [1.807, 2.05) is 6.92 Å². The Labute approximate surface area is 154 Å². The van der Waals surface area contributed by atoms with E-state index < -0.39 is 11.2 Å². The molecule has 26 heavy (non-hydrogen) atoms. The summed E-state index contributed by atoms with van der Waals surface area (Å²) in [6, 6.07) is 5.75. The predicted molar refractivity (Wildman–Crippen MR) is 101 cm³/mol. The second kappa shape index (κ2) is 8.70. The number of nitrogens with two attached hydrogens (primary N) is 1. The number of rotatable bonds is 7. The van der Waals surface area contributed by atoms with E-state index in [1.54, 1.807) is 12.1 Å². The SMILES string of the molecule is CCCCn1c(N)c(N(C)C(=O)CSc2ccc(F)cc2)c(=O)[nH]c1=O. The van der Waals surface area contributed by atoms with E-state index in [4.69, 9.17) is 5.73 Å². The zero-order valence-electron chi connectivity index (χ0n) is 14.6. The lowest BCUT2D eigenvalue weighted by atomic mass is 10.3. The van der Waals surface area contributed by atoms with Crippen LogP contribution in [-0.2, 0) is 11.3 Å². The van der Waals surface area contributed by atoms with E-state index in [0.717, 1.165) is 16.2 Å². The minimum absolute atomic E-state index is 0.0326. The number of aromatic amines is 1. The van der Waals surface area contributed by atoms with E-state index in [1.165, 1.54) is 35.5 Å². The Morgan fingerprint density at radius 3 is 2.58 bits per heavy atom. The Bertz CT molecular complexity index is 892. The van der Waals surface area contributed by atoms with Crippen LogP contribution in [0.25, 0.3) is 0 Å². The molecule has 0 aliphatic heterocycles. The van der Waals surface area contributed by atoms with Crippen LogP contribution in [0.1, 0.15) is 19.8 Å². The first kappa shape index (κ1) is 19.8. The molecule has 0 saturated carbocycles. The van der Waals surface area contributed by atoms with Gasteiger partial charge in [-0.1, -0.05) is 13.3 Å². The largest absolute Gasteiger partial charge is 0.383 e. The Morgan fingerprint density at radius 2 is 1.96 bits per heavy atom. The quantitative estimate of drug-likeness (QED) is 0.714. The molecular weight excluding hydrogens is 359 g/mol. The van der Waals surface area contributed by atoms with Crippen molar-refractivity contribution in [2.45, 2.75) is 31.2 Å². The van der Waals surface area contributed by atoms with Gasteiger partial charge in [-0.2, -0.15) is 0 Å². The lowest BCUT2D eigenvalue weighted by molar-refractivity contribution is -0.115. The molecule has 7 nitrogen and oxygen atoms in total. The van der Waals surface area contributed by atoms with Crippen molar-refractivity contribution in [3.05, 3.63) is 50.9 Å². The number of amides is 1. The highest BCUT2D eigenvalue weighted by molar-refractivity contribution is 8.00. The van der Waals surface area contributed by atoms with E-state index in [9.17, 15) is 18.8 Å². The molecule has 0 radical (unpaired) electrons. The third-order valence-electron chi connectivity index (χ3n) is 3.83. The second-order valence-electron chi connectivity index (χ2n) is 5.69. The molecule has 3 N–H and O–H groups in total. The minimum atomic E-state index is -0.706. The number of carbonyl (C=O) groups excluding carboxylic acids is 1.